The highest BCUT2D eigenvalue weighted by atomic mass is 16.5. The third-order valence-corrected chi connectivity index (χ3v) is 7.02. The molecule has 5 nitrogen and oxygen atoms in total. The van der Waals surface area contributed by atoms with Crippen molar-refractivity contribution in [2.75, 3.05) is 13.2 Å². The summed E-state index contributed by atoms with van der Waals surface area (Å²) < 4.78 is 8.36. The molecule has 1 aromatic heterocycles. The summed E-state index contributed by atoms with van der Waals surface area (Å²) in [7, 11) is 0. The highest BCUT2D eigenvalue weighted by Gasteiger charge is 2.11. The van der Waals surface area contributed by atoms with Crippen LogP contribution >= 0.6 is 0 Å². The smallest absolute Gasteiger partial charge is 0.224 e. The number of ether oxygens (including phenoxy) is 1. The molecule has 0 radical (unpaired) electrons. The molecule has 0 spiro atoms. The number of nitrogens with zero attached hydrogens (tertiary/aromatic N) is 2. The molecule has 1 amide bonds. The van der Waals surface area contributed by atoms with Crippen molar-refractivity contribution in [2.45, 2.75) is 65.8 Å². The molecule has 1 heterocycles. The highest BCUT2D eigenvalue weighted by Crippen LogP contribution is 2.20. The largest absolute Gasteiger partial charge is 0.494 e. The van der Waals surface area contributed by atoms with Gasteiger partial charge in [0.25, 0.3) is 0 Å². The van der Waals surface area contributed by atoms with Crippen molar-refractivity contribution < 1.29 is 9.53 Å². The van der Waals surface area contributed by atoms with E-state index in [-0.39, 0.29) is 5.91 Å². The molecule has 37 heavy (non-hydrogen) atoms. The van der Waals surface area contributed by atoms with Gasteiger partial charge in [-0.15, -0.1) is 0 Å². The van der Waals surface area contributed by atoms with Crippen LogP contribution in [-0.2, 0) is 24.2 Å². The van der Waals surface area contributed by atoms with Crippen LogP contribution in [0.4, 0.5) is 0 Å². The minimum Gasteiger partial charge on any atom is -0.494 e. The summed E-state index contributed by atoms with van der Waals surface area (Å²) in [6, 6.07) is 22.7. The number of hydrogen-bond donors (Lipinski definition) is 1. The van der Waals surface area contributed by atoms with Crippen LogP contribution in [0.5, 0.6) is 5.75 Å². The lowest BCUT2D eigenvalue weighted by Crippen LogP contribution is -2.26. The zero-order valence-corrected chi connectivity index (χ0v) is 22.4. The van der Waals surface area contributed by atoms with Gasteiger partial charge >= 0.3 is 0 Å². The Balaban J connectivity index is 1.22. The molecule has 4 rings (SSSR count). The van der Waals surface area contributed by atoms with Crippen molar-refractivity contribution in [2.24, 2.45) is 0 Å². The number of aromatic nitrogens is 2. The van der Waals surface area contributed by atoms with E-state index in [1.54, 1.807) is 0 Å². The van der Waals surface area contributed by atoms with E-state index in [1.807, 2.05) is 43.3 Å². The Morgan fingerprint density at radius 2 is 1.68 bits per heavy atom. The van der Waals surface area contributed by atoms with Crippen molar-refractivity contribution in [1.82, 2.24) is 14.9 Å². The van der Waals surface area contributed by atoms with Gasteiger partial charge in [-0.1, -0.05) is 48.9 Å². The quantitative estimate of drug-likeness (QED) is 0.214. The molecule has 0 aliphatic rings. The summed E-state index contributed by atoms with van der Waals surface area (Å²) in [5.41, 5.74) is 7.04. The van der Waals surface area contributed by atoms with Gasteiger partial charge in [-0.3, -0.25) is 4.79 Å². The first kappa shape index (κ1) is 26.5. The molecular formula is C32H39N3O2. The second-order valence-corrected chi connectivity index (χ2v) is 9.88. The molecule has 0 atom stereocenters. The van der Waals surface area contributed by atoms with E-state index in [2.05, 4.69) is 54.1 Å². The number of carbonyl (C=O) groups excluding carboxylic acids is 1. The monoisotopic (exact) mass is 497 g/mol. The lowest BCUT2D eigenvalue weighted by molar-refractivity contribution is -0.120. The van der Waals surface area contributed by atoms with Crippen LogP contribution < -0.4 is 10.1 Å². The fourth-order valence-corrected chi connectivity index (χ4v) is 4.64. The van der Waals surface area contributed by atoms with Crippen LogP contribution in [0.1, 0.15) is 53.8 Å². The summed E-state index contributed by atoms with van der Waals surface area (Å²) in [6.07, 6.45) is 5.39. The number of hydrogen-bond acceptors (Lipinski definition) is 3. The average Bonchev–Trinajstić information content (AvgIpc) is 3.24. The number of amides is 1. The third kappa shape index (κ3) is 7.45. The van der Waals surface area contributed by atoms with Gasteiger partial charge in [0, 0.05) is 19.5 Å². The van der Waals surface area contributed by atoms with Crippen LogP contribution in [0, 0.1) is 20.8 Å². The third-order valence-electron chi connectivity index (χ3n) is 7.02. The molecular weight excluding hydrogens is 458 g/mol. The lowest BCUT2D eigenvalue weighted by Gasteiger charge is -2.11. The van der Waals surface area contributed by atoms with Gasteiger partial charge in [-0.2, -0.15) is 0 Å². The molecule has 0 bridgehead atoms. The van der Waals surface area contributed by atoms with Crippen molar-refractivity contribution in [3.63, 3.8) is 0 Å². The Kier molecular flexibility index (Phi) is 9.36. The van der Waals surface area contributed by atoms with E-state index in [9.17, 15) is 4.79 Å². The number of carbonyl (C=O) groups is 1. The van der Waals surface area contributed by atoms with Crippen molar-refractivity contribution in [1.29, 1.82) is 0 Å². The maximum absolute atomic E-state index is 12.3. The first-order chi connectivity index (χ1) is 18.0. The van der Waals surface area contributed by atoms with Gasteiger partial charge in [0.1, 0.15) is 11.6 Å². The summed E-state index contributed by atoms with van der Waals surface area (Å²) in [4.78, 5) is 17.2. The lowest BCUT2D eigenvalue weighted by atomic mass is 10.1. The number of fused-ring (bicyclic) bond motifs is 1. The molecule has 4 aromatic rings. The van der Waals surface area contributed by atoms with E-state index in [0.29, 0.717) is 13.0 Å². The van der Waals surface area contributed by atoms with Gasteiger partial charge in [0.2, 0.25) is 5.91 Å². The van der Waals surface area contributed by atoms with Crippen LogP contribution in [0.2, 0.25) is 0 Å². The second kappa shape index (κ2) is 13.1. The zero-order chi connectivity index (χ0) is 26.0. The van der Waals surface area contributed by atoms with Gasteiger partial charge in [0.05, 0.1) is 24.1 Å². The normalized spacial score (nSPS) is 11.1. The Labute approximate surface area is 220 Å². The second-order valence-electron chi connectivity index (χ2n) is 9.88. The highest BCUT2D eigenvalue weighted by molar-refractivity contribution is 5.78. The van der Waals surface area contributed by atoms with E-state index < -0.39 is 0 Å². The molecule has 1 N–H and O–H groups in total. The minimum atomic E-state index is 0.0964. The molecule has 0 fully saturated rings. The van der Waals surface area contributed by atoms with Gasteiger partial charge in [-0.05, 0) is 86.6 Å². The molecule has 5 heteroatoms. The molecule has 0 aliphatic carbocycles. The number of rotatable bonds is 13. The standard InChI is InChI=1S/C32H39N3O2/c1-24-17-18-28(22-26(24)3)37-21-11-20-35-30-15-9-8-14-29(30)34-31(35)16-5-4-10-19-33-32(36)23-27-13-7-6-12-25(27)2/h6-9,12-15,17-18,22H,4-5,10-11,16,19-21,23H2,1-3H3,(H,33,36). The van der Waals surface area contributed by atoms with E-state index >= 15 is 0 Å². The summed E-state index contributed by atoms with van der Waals surface area (Å²) in [6.45, 7) is 8.57. The number of para-hydroxylation sites is 2. The first-order valence-corrected chi connectivity index (χ1v) is 13.5. The maximum atomic E-state index is 12.3. The summed E-state index contributed by atoms with van der Waals surface area (Å²) >= 11 is 0. The summed E-state index contributed by atoms with van der Waals surface area (Å²) in [5.74, 6) is 2.17. The Hall–Kier alpha value is -3.60. The zero-order valence-electron chi connectivity index (χ0n) is 22.4. The maximum Gasteiger partial charge on any atom is 0.224 e. The molecule has 0 aliphatic heterocycles. The Bertz CT molecular complexity index is 1320. The Morgan fingerprint density at radius 1 is 0.865 bits per heavy atom. The minimum absolute atomic E-state index is 0.0964. The molecule has 3 aromatic carbocycles. The molecule has 0 unspecified atom stereocenters. The van der Waals surface area contributed by atoms with Gasteiger partial charge < -0.3 is 14.6 Å². The van der Waals surface area contributed by atoms with Crippen molar-refractivity contribution in [3.8, 4) is 5.75 Å². The van der Waals surface area contributed by atoms with Gasteiger partial charge in [0.15, 0.2) is 0 Å². The van der Waals surface area contributed by atoms with Crippen molar-refractivity contribution in [3.05, 3.63) is 94.8 Å². The molecule has 194 valence electrons. The molecule has 0 saturated heterocycles. The molecule has 0 saturated carbocycles. The first-order valence-electron chi connectivity index (χ1n) is 13.5. The van der Waals surface area contributed by atoms with Crippen LogP contribution in [0.15, 0.2) is 66.7 Å². The van der Waals surface area contributed by atoms with Gasteiger partial charge in [-0.25, -0.2) is 4.98 Å². The summed E-state index contributed by atoms with van der Waals surface area (Å²) in [5, 5.41) is 3.07. The number of unbranched alkanes of at least 4 members (excludes halogenated alkanes) is 2. The van der Waals surface area contributed by atoms with E-state index in [0.717, 1.165) is 73.4 Å². The van der Waals surface area contributed by atoms with Crippen molar-refractivity contribution >= 4 is 16.9 Å². The fraction of sp³-hybridized carbons (Fsp3) is 0.375. The predicted octanol–water partition coefficient (Wildman–Crippen LogP) is 6.50. The van der Waals surface area contributed by atoms with Crippen LogP contribution in [0.3, 0.4) is 0 Å². The fourth-order valence-electron chi connectivity index (χ4n) is 4.64. The van der Waals surface area contributed by atoms with Crippen LogP contribution in [-0.4, -0.2) is 28.6 Å². The van der Waals surface area contributed by atoms with Crippen LogP contribution in [0.25, 0.3) is 11.0 Å². The number of benzene rings is 3. The Morgan fingerprint density at radius 3 is 2.51 bits per heavy atom. The number of nitrogens with one attached hydrogen (secondary N) is 1. The number of aryl methyl sites for hydroxylation is 5. The predicted molar refractivity (Wildman–Crippen MR) is 151 cm³/mol. The topological polar surface area (TPSA) is 56.1 Å². The van der Waals surface area contributed by atoms with E-state index in [4.69, 9.17) is 9.72 Å². The average molecular weight is 498 g/mol. The van der Waals surface area contributed by atoms with E-state index in [1.165, 1.54) is 16.6 Å². The SMILES string of the molecule is Cc1ccc(OCCCn2c(CCCCCNC(=O)Cc3ccccc3C)nc3ccccc32)cc1C. The number of imidazole rings is 1.